The van der Waals surface area contributed by atoms with Gasteiger partial charge in [-0.1, -0.05) is 13.0 Å². The first-order valence-electron chi connectivity index (χ1n) is 6.10. The van der Waals surface area contributed by atoms with Crippen molar-refractivity contribution < 1.29 is 4.74 Å². The topological polar surface area (TPSA) is 38.6 Å². The molecule has 2 rings (SSSR count). The molecular weight excluding hydrogens is 214 g/mol. The monoisotopic (exact) mass is 233 g/mol. The maximum atomic E-state index is 5.52. The highest BCUT2D eigenvalue weighted by Gasteiger charge is 2.15. The summed E-state index contributed by atoms with van der Waals surface area (Å²) in [6.45, 7) is 6.45. The van der Waals surface area contributed by atoms with Crippen LogP contribution in [0.3, 0.4) is 0 Å². The van der Waals surface area contributed by atoms with Crippen molar-refractivity contribution in [2.24, 2.45) is 0 Å². The van der Waals surface area contributed by atoms with Crippen LogP contribution in [0.1, 0.15) is 25.5 Å². The summed E-state index contributed by atoms with van der Waals surface area (Å²) in [6, 6.07) is 6.30. The van der Waals surface area contributed by atoms with E-state index in [1.54, 1.807) is 0 Å². The maximum absolute atomic E-state index is 5.52. The predicted molar refractivity (Wildman–Crippen MR) is 68.1 cm³/mol. The normalized spacial score (nSPS) is 13.1. The molecule has 92 valence electrons. The van der Waals surface area contributed by atoms with Crippen LogP contribution >= 0.6 is 0 Å². The molecule has 1 unspecified atom stereocenters. The van der Waals surface area contributed by atoms with Gasteiger partial charge in [0.05, 0.1) is 24.4 Å². The van der Waals surface area contributed by atoms with Gasteiger partial charge in [-0.25, -0.2) is 4.52 Å². The van der Waals surface area contributed by atoms with Gasteiger partial charge in [0, 0.05) is 18.4 Å². The van der Waals surface area contributed by atoms with E-state index >= 15 is 0 Å². The second kappa shape index (κ2) is 5.80. The van der Waals surface area contributed by atoms with Gasteiger partial charge in [0.15, 0.2) is 0 Å². The SMILES string of the molecule is CCNC(COCC)c1cnn2ccccc12. The maximum Gasteiger partial charge on any atom is 0.0710 e. The smallest absolute Gasteiger partial charge is 0.0710 e. The Morgan fingerprint density at radius 3 is 3.06 bits per heavy atom. The van der Waals surface area contributed by atoms with Crippen molar-refractivity contribution in [2.75, 3.05) is 19.8 Å². The van der Waals surface area contributed by atoms with Crippen molar-refractivity contribution >= 4 is 5.52 Å². The van der Waals surface area contributed by atoms with E-state index in [1.807, 2.05) is 36.0 Å². The van der Waals surface area contributed by atoms with E-state index in [0.717, 1.165) is 18.7 Å². The van der Waals surface area contributed by atoms with Crippen LogP contribution in [0.5, 0.6) is 0 Å². The molecule has 4 nitrogen and oxygen atoms in total. The third-order valence-corrected chi connectivity index (χ3v) is 2.77. The number of aromatic nitrogens is 2. The lowest BCUT2D eigenvalue weighted by Crippen LogP contribution is -2.25. The molecule has 0 saturated carbocycles. The molecule has 0 amide bonds. The summed E-state index contributed by atoms with van der Waals surface area (Å²) in [7, 11) is 0. The zero-order valence-corrected chi connectivity index (χ0v) is 10.4. The molecular formula is C13H19N3O. The minimum Gasteiger partial charge on any atom is -0.380 e. The molecule has 2 aromatic rings. The molecule has 0 saturated heterocycles. The first-order valence-corrected chi connectivity index (χ1v) is 6.10. The summed E-state index contributed by atoms with van der Waals surface area (Å²) in [5, 5.41) is 7.78. The van der Waals surface area contributed by atoms with Crippen molar-refractivity contribution in [3.63, 3.8) is 0 Å². The third kappa shape index (κ3) is 2.65. The highest BCUT2D eigenvalue weighted by Crippen LogP contribution is 2.19. The Balaban J connectivity index is 2.27. The Morgan fingerprint density at radius 1 is 1.41 bits per heavy atom. The number of likely N-dealkylation sites (N-methyl/N-ethyl adjacent to an activating group) is 1. The Kier molecular flexibility index (Phi) is 4.12. The first kappa shape index (κ1) is 12.1. The van der Waals surface area contributed by atoms with Crippen molar-refractivity contribution in [1.82, 2.24) is 14.9 Å². The zero-order valence-electron chi connectivity index (χ0n) is 10.4. The van der Waals surface area contributed by atoms with Gasteiger partial charge in [-0.3, -0.25) is 0 Å². The minimum atomic E-state index is 0.208. The van der Waals surface area contributed by atoms with Crippen molar-refractivity contribution in [3.05, 3.63) is 36.2 Å². The largest absolute Gasteiger partial charge is 0.380 e. The van der Waals surface area contributed by atoms with Gasteiger partial charge in [0.1, 0.15) is 0 Å². The van der Waals surface area contributed by atoms with Crippen LogP contribution in [0.4, 0.5) is 0 Å². The molecule has 4 heteroatoms. The Morgan fingerprint density at radius 2 is 2.29 bits per heavy atom. The second-order valence-electron chi connectivity index (χ2n) is 3.90. The molecule has 0 spiro atoms. The average Bonchev–Trinajstić information content (AvgIpc) is 2.78. The van der Waals surface area contributed by atoms with Gasteiger partial charge < -0.3 is 10.1 Å². The van der Waals surface area contributed by atoms with E-state index in [4.69, 9.17) is 4.74 Å². The average molecular weight is 233 g/mol. The van der Waals surface area contributed by atoms with Crippen LogP contribution in [-0.4, -0.2) is 29.4 Å². The van der Waals surface area contributed by atoms with Gasteiger partial charge in [0.25, 0.3) is 0 Å². The molecule has 1 atom stereocenters. The number of nitrogens with zero attached hydrogens (tertiary/aromatic N) is 2. The quantitative estimate of drug-likeness (QED) is 0.829. The van der Waals surface area contributed by atoms with Gasteiger partial charge in [-0.2, -0.15) is 5.10 Å². The summed E-state index contributed by atoms with van der Waals surface area (Å²) >= 11 is 0. The molecule has 0 aliphatic rings. The third-order valence-electron chi connectivity index (χ3n) is 2.77. The van der Waals surface area contributed by atoms with Crippen LogP contribution in [-0.2, 0) is 4.74 Å². The summed E-state index contributed by atoms with van der Waals surface area (Å²) in [6.07, 6.45) is 3.88. The second-order valence-corrected chi connectivity index (χ2v) is 3.90. The summed E-state index contributed by atoms with van der Waals surface area (Å²) < 4.78 is 7.42. The number of pyridine rings is 1. The zero-order chi connectivity index (χ0) is 12.1. The highest BCUT2D eigenvalue weighted by molar-refractivity contribution is 5.54. The van der Waals surface area contributed by atoms with Crippen LogP contribution in [0.2, 0.25) is 0 Å². The Bertz CT molecular complexity index is 466. The molecule has 0 radical (unpaired) electrons. The summed E-state index contributed by atoms with van der Waals surface area (Å²) in [5.41, 5.74) is 2.33. The molecule has 0 bridgehead atoms. The van der Waals surface area contributed by atoms with Gasteiger partial charge >= 0.3 is 0 Å². The van der Waals surface area contributed by atoms with E-state index in [1.165, 1.54) is 5.56 Å². The van der Waals surface area contributed by atoms with E-state index in [-0.39, 0.29) is 6.04 Å². The first-order chi connectivity index (χ1) is 8.36. The molecule has 17 heavy (non-hydrogen) atoms. The predicted octanol–water partition coefficient (Wildman–Crippen LogP) is 2.02. The molecule has 0 aliphatic carbocycles. The Labute approximate surface area is 102 Å². The highest BCUT2D eigenvalue weighted by atomic mass is 16.5. The molecule has 1 N–H and O–H groups in total. The van der Waals surface area contributed by atoms with Crippen molar-refractivity contribution in [2.45, 2.75) is 19.9 Å². The standard InChI is InChI=1S/C13H19N3O/c1-3-14-12(10-17-4-2)11-9-15-16-8-6-5-7-13(11)16/h5-9,12,14H,3-4,10H2,1-2H3. The minimum absolute atomic E-state index is 0.208. The molecule has 0 aromatic carbocycles. The molecule has 0 fully saturated rings. The fourth-order valence-electron chi connectivity index (χ4n) is 1.96. The lowest BCUT2D eigenvalue weighted by Gasteiger charge is -2.16. The number of hydrogen-bond donors (Lipinski definition) is 1. The van der Waals surface area contributed by atoms with Gasteiger partial charge in [-0.05, 0) is 25.6 Å². The van der Waals surface area contributed by atoms with Crippen LogP contribution < -0.4 is 5.32 Å². The number of ether oxygens (including phenoxy) is 1. The van der Waals surface area contributed by atoms with E-state index in [0.29, 0.717) is 6.61 Å². The van der Waals surface area contributed by atoms with Gasteiger partial charge in [0.2, 0.25) is 0 Å². The van der Waals surface area contributed by atoms with Gasteiger partial charge in [-0.15, -0.1) is 0 Å². The van der Waals surface area contributed by atoms with Crippen molar-refractivity contribution in [3.8, 4) is 0 Å². The number of fused-ring (bicyclic) bond motifs is 1. The Hall–Kier alpha value is -1.39. The lowest BCUT2D eigenvalue weighted by atomic mass is 10.1. The van der Waals surface area contributed by atoms with Crippen LogP contribution in [0, 0.1) is 0 Å². The van der Waals surface area contributed by atoms with E-state index < -0.39 is 0 Å². The van der Waals surface area contributed by atoms with E-state index in [9.17, 15) is 0 Å². The van der Waals surface area contributed by atoms with Crippen molar-refractivity contribution in [1.29, 1.82) is 0 Å². The van der Waals surface area contributed by atoms with Crippen LogP contribution in [0.25, 0.3) is 5.52 Å². The fraction of sp³-hybridized carbons (Fsp3) is 0.462. The van der Waals surface area contributed by atoms with E-state index in [2.05, 4.69) is 23.4 Å². The number of hydrogen-bond acceptors (Lipinski definition) is 3. The molecule has 0 aliphatic heterocycles. The molecule has 2 heterocycles. The fourth-order valence-corrected chi connectivity index (χ4v) is 1.96. The number of nitrogens with one attached hydrogen (secondary N) is 1. The van der Waals surface area contributed by atoms with Crippen LogP contribution in [0.15, 0.2) is 30.6 Å². The lowest BCUT2D eigenvalue weighted by molar-refractivity contribution is 0.124. The number of rotatable bonds is 6. The summed E-state index contributed by atoms with van der Waals surface area (Å²) in [4.78, 5) is 0. The molecule has 2 aromatic heterocycles. The summed E-state index contributed by atoms with van der Waals surface area (Å²) in [5.74, 6) is 0.